The van der Waals surface area contributed by atoms with E-state index in [0.29, 0.717) is 40.2 Å². The molecule has 0 aliphatic rings. The van der Waals surface area contributed by atoms with Gasteiger partial charge >= 0.3 is 0 Å². The molecule has 5 nitrogen and oxygen atoms in total. The number of nitrogens with zero attached hydrogens (tertiary/aromatic N) is 4. The van der Waals surface area contributed by atoms with Crippen LogP contribution in [0.2, 0.25) is 0 Å². The van der Waals surface area contributed by atoms with Crippen molar-refractivity contribution in [2.45, 2.75) is 0 Å². The van der Waals surface area contributed by atoms with Crippen LogP contribution in [0.5, 0.6) is 0 Å². The minimum absolute atomic E-state index is 0.248. The molecule has 0 bridgehead atoms. The Labute approximate surface area is 301 Å². The summed E-state index contributed by atoms with van der Waals surface area (Å²) in [5.41, 5.74) is 6.40. The van der Waals surface area contributed by atoms with Crippen molar-refractivity contribution < 1.29 is 9.90 Å². The van der Waals surface area contributed by atoms with E-state index >= 15 is 0 Å². The van der Waals surface area contributed by atoms with Gasteiger partial charge in [0.2, 0.25) is 0 Å². The molecule has 7 aromatic carbocycles. The smallest absolute Gasteiger partial charge is 0.164 e. The number of furan rings is 1. The molecule has 0 unspecified atom stereocenters. The summed E-state index contributed by atoms with van der Waals surface area (Å²) < 4.78 is 45.1. The van der Waals surface area contributed by atoms with Gasteiger partial charge in [0, 0.05) is 64.1 Å². The second-order valence-electron chi connectivity index (χ2n) is 12.5. The first-order valence-electron chi connectivity index (χ1n) is 18.6. The maximum Gasteiger partial charge on any atom is 0.164 e. The Balaban J connectivity index is 1.13. The van der Waals surface area contributed by atoms with Crippen LogP contribution in [0.3, 0.4) is 0 Å². The molecule has 0 atom stereocenters. The van der Waals surface area contributed by atoms with Crippen molar-refractivity contribution >= 4 is 75.3 Å². The van der Waals surface area contributed by atoms with Gasteiger partial charge < -0.3 is 8.98 Å². The zero-order chi connectivity index (χ0) is 36.9. The largest absolute Gasteiger partial charge is 0.456 e. The van der Waals surface area contributed by atoms with Gasteiger partial charge in [-0.1, -0.05) is 109 Å². The van der Waals surface area contributed by atoms with Crippen LogP contribution in [0, 0.1) is 0 Å². The molecular formula is C45H26N4OS. The summed E-state index contributed by atoms with van der Waals surface area (Å²) in [5.74, 6) is 1.71. The van der Waals surface area contributed by atoms with Gasteiger partial charge in [0.25, 0.3) is 0 Å². The van der Waals surface area contributed by atoms with E-state index in [0.717, 1.165) is 69.6 Å². The lowest BCUT2D eigenvalue weighted by molar-refractivity contribution is 0.669. The van der Waals surface area contributed by atoms with E-state index in [-0.39, 0.29) is 18.1 Å². The molecule has 0 radical (unpaired) electrons. The second kappa shape index (κ2) is 10.9. The number of benzene rings is 7. The predicted molar refractivity (Wildman–Crippen MR) is 211 cm³/mol. The average molecular weight is 675 g/mol. The van der Waals surface area contributed by atoms with Crippen molar-refractivity contribution in [3.63, 3.8) is 0 Å². The molecule has 6 heteroatoms. The van der Waals surface area contributed by atoms with Crippen LogP contribution < -0.4 is 0 Å². The summed E-state index contributed by atoms with van der Waals surface area (Å²) in [7, 11) is 0. The van der Waals surface area contributed by atoms with Gasteiger partial charge in [-0.3, -0.25) is 0 Å². The summed E-state index contributed by atoms with van der Waals surface area (Å²) in [6, 6.07) is 43.9. The van der Waals surface area contributed by atoms with Crippen molar-refractivity contribution in [2.75, 3.05) is 0 Å². The topological polar surface area (TPSA) is 56.7 Å². The molecule has 0 saturated heterocycles. The Kier molecular flexibility index (Phi) is 5.25. The van der Waals surface area contributed by atoms with Crippen LogP contribution in [-0.4, -0.2) is 19.5 Å². The number of hydrogen-bond donors (Lipinski definition) is 0. The summed E-state index contributed by atoms with van der Waals surface area (Å²) in [4.78, 5) is 14.7. The summed E-state index contributed by atoms with van der Waals surface area (Å²) in [5, 5.41) is 5.33. The lowest BCUT2D eigenvalue weighted by Gasteiger charge is -2.09. The van der Waals surface area contributed by atoms with Crippen LogP contribution in [0.4, 0.5) is 0 Å². The molecule has 51 heavy (non-hydrogen) atoms. The summed E-state index contributed by atoms with van der Waals surface area (Å²) in [6.07, 6.45) is 0. The average Bonchev–Trinajstić information content (AvgIpc) is 3.87. The summed E-state index contributed by atoms with van der Waals surface area (Å²) >= 11 is 1.54. The number of aromatic nitrogens is 4. The van der Waals surface area contributed by atoms with E-state index in [2.05, 4.69) is 22.8 Å². The first-order valence-corrected chi connectivity index (χ1v) is 17.4. The normalized spacial score (nSPS) is 13.0. The number of para-hydroxylation sites is 1. The molecule has 0 spiro atoms. The Morgan fingerprint density at radius 2 is 1.20 bits per heavy atom. The van der Waals surface area contributed by atoms with Gasteiger partial charge in [-0.25, -0.2) is 15.0 Å². The predicted octanol–water partition coefficient (Wildman–Crippen LogP) is 12.2. The van der Waals surface area contributed by atoms with Gasteiger partial charge in [0.15, 0.2) is 17.5 Å². The van der Waals surface area contributed by atoms with Crippen LogP contribution in [0.25, 0.3) is 104 Å². The van der Waals surface area contributed by atoms with Gasteiger partial charge in [-0.15, -0.1) is 11.3 Å². The van der Waals surface area contributed by atoms with Gasteiger partial charge in [0.1, 0.15) is 11.2 Å². The SMILES string of the molecule is [2H]c1cc([2H])c2sc3ccc4c5cc([2H])cc([2H])c5n(-c5ccc6oc7cc(-c8nc(-c9ccccc9)nc(-c9ccccc9)n8)ccc7c6c5)c4c3c2c1. The number of fused-ring (bicyclic) bond motifs is 10. The minimum atomic E-state index is 0.248. The van der Waals surface area contributed by atoms with Crippen molar-refractivity contribution in [3.05, 3.63) is 158 Å². The van der Waals surface area contributed by atoms with Crippen LogP contribution in [0.15, 0.2) is 162 Å². The van der Waals surface area contributed by atoms with Crippen molar-refractivity contribution in [3.8, 4) is 39.9 Å². The second-order valence-corrected chi connectivity index (χ2v) is 13.6. The highest BCUT2D eigenvalue weighted by molar-refractivity contribution is 7.26. The standard InChI is InChI=1S/C45H26N4OS/c1-3-11-27(12-4-1)43-46-44(28-13-5-2-6-14-28)48-45(47-43)29-19-21-32-35-26-30(20-23-37(35)50-38(32)25-29)49-36-17-9-7-15-31(36)33-22-24-40-41(42(33)49)34-16-8-10-18-39(34)51-40/h1-26H/i7D,8D,17D,18D. The maximum absolute atomic E-state index is 9.11. The number of thiophene rings is 1. The van der Waals surface area contributed by atoms with E-state index in [1.165, 1.54) is 0 Å². The number of rotatable bonds is 4. The fourth-order valence-electron chi connectivity index (χ4n) is 7.25. The Hall–Kier alpha value is -6.63. The first kappa shape index (κ1) is 24.5. The van der Waals surface area contributed by atoms with E-state index in [4.69, 9.17) is 24.9 Å². The molecule has 238 valence electrons. The number of hydrogen-bond acceptors (Lipinski definition) is 5. The molecule has 0 N–H and O–H groups in total. The Morgan fingerprint density at radius 3 is 1.96 bits per heavy atom. The lowest BCUT2D eigenvalue weighted by atomic mass is 10.1. The van der Waals surface area contributed by atoms with E-state index < -0.39 is 0 Å². The molecule has 0 aliphatic carbocycles. The quantitative estimate of drug-likeness (QED) is 0.186. The Morgan fingerprint density at radius 1 is 0.510 bits per heavy atom. The van der Waals surface area contributed by atoms with Gasteiger partial charge in [-0.2, -0.15) is 0 Å². The van der Waals surface area contributed by atoms with Crippen LogP contribution in [0.1, 0.15) is 5.48 Å². The molecule has 11 aromatic rings. The van der Waals surface area contributed by atoms with Crippen molar-refractivity contribution in [1.82, 2.24) is 19.5 Å². The fraction of sp³-hybridized carbons (Fsp3) is 0. The summed E-state index contributed by atoms with van der Waals surface area (Å²) in [6.45, 7) is 0. The molecule has 0 aliphatic heterocycles. The van der Waals surface area contributed by atoms with Crippen LogP contribution >= 0.6 is 11.3 Å². The highest BCUT2D eigenvalue weighted by atomic mass is 32.1. The lowest BCUT2D eigenvalue weighted by Crippen LogP contribution is -2.00. The highest BCUT2D eigenvalue weighted by Gasteiger charge is 2.20. The Bertz CT molecular complexity index is 3320. The maximum atomic E-state index is 9.11. The molecule has 4 heterocycles. The third kappa shape index (κ3) is 4.37. The first-order chi connectivity index (χ1) is 26.9. The third-order valence-corrected chi connectivity index (χ3v) is 10.7. The van der Waals surface area contributed by atoms with Crippen molar-refractivity contribution in [1.29, 1.82) is 0 Å². The third-order valence-electron chi connectivity index (χ3n) is 9.56. The van der Waals surface area contributed by atoms with E-state index in [1.807, 2.05) is 103 Å². The van der Waals surface area contributed by atoms with Crippen LogP contribution in [-0.2, 0) is 0 Å². The molecule has 0 saturated carbocycles. The molecule has 0 amide bonds. The van der Waals surface area contributed by atoms with Gasteiger partial charge in [-0.05, 0) is 48.5 Å². The molecular weight excluding hydrogens is 645 g/mol. The van der Waals surface area contributed by atoms with Crippen molar-refractivity contribution in [2.24, 2.45) is 0 Å². The highest BCUT2D eigenvalue weighted by Crippen LogP contribution is 2.43. The van der Waals surface area contributed by atoms with Gasteiger partial charge in [0.05, 0.1) is 16.5 Å². The minimum Gasteiger partial charge on any atom is -0.456 e. The zero-order valence-electron chi connectivity index (χ0n) is 30.8. The molecule has 0 fully saturated rings. The van der Waals surface area contributed by atoms with E-state index in [1.54, 1.807) is 23.5 Å². The van der Waals surface area contributed by atoms with E-state index in [9.17, 15) is 0 Å². The molecule has 11 rings (SSSR count). The monoisotopic (exact) mass is 674 g/mol. The molecule has 4 aromatic heterocycles. The fourth-order valence-corrected chi connectivity index (χ4v) is 8.30. The zero-order valence-corrected chi connectivity index (χ0v) is 27.6.